The Labute approximate surface area is 113 Å². The fourth-order valence-corrected chi connectivity index (χ4v) is 2.28. The molecule has 4 heteroatoms. The Bertz CT molecular complexity index is 399. The van der Waals surface area contributed by atoms with Crippen molar-refractivity contribution < 1.29 is 9.47 Å². The maximum absolute atomic E-state index is 6.13. The van der Waals surface area contributed by atoms with Crippen LogP contribution in [0.2, 0.25) is 5.02 Å². The van der Waals surface area contributed by atoms with Crippen molar-refractivity contribution in [3.63, 3.8) is 0 Å². The summed E-state index contributed by atoms with van der Waals surface area (Å²) in [7, 11) is 0. The molecule has 1 aliphatic rings. The van der Waals surface area contributed by atoms with Crippen LogP contribution < -0.4 is 10.1 Å². The van der Waals surface area contributed by atoms with E-state index in [9.17, 15) is 0 Å². The highest BCUT2D eigenvalue weighted by Crippen LogP contribution is 2.25. The normalized spacial score (nSPS) is 24.0. The molecule has 1 heterocycles. The van der Waals surface area contributed by atoms with E-state index in [2.05, 4.69) is 12.2 Å². The van der Waals surface area contributed by atoms with Crippen LogP contribution in [0.4, 0.5) is 0 Å². The zero-order valence-electron chi connectivity index (χ0n) is 11.1. The number of halogens is 1. The molecule has 2 rings (SSSR count). The van der Waals surface area contributed by atoms with Crippen molar-refractivity contribution in [2.75, 3.05) is 19.8 Å². The summed E-state index contributed by atoms with van der Waals surface area (Å²) >= 11 is 6.13. The number of nitrogens with one attached hydrogen (secondary N) is 1. The molecule has 2 atom stereocenters. The average Bonchev–Trinajstić information content (AvgIpc) is 2.33. The van der Waals surface area contributed by atoms with Crippen molar-refractivity contribution in [2.45, 2.75) is 32.9 Å². The van der Waals surface area contributed by atoms with E-state index < -0.39 is 0 Å². The second-order valence-electron chi connectivity index (χ2n) is 4.98. The van der Waals surface area contributed by atoms with Crippen molar-refractivity contribution in [1.82, 2.24) is 5.32 Å². The molecule has 0 amide bonds. The zero-order chi connectivity index (χ0) is 13.1. The van der Waals surface area contributed by atoms with Crippen LogP contribution in [0.3, 0.4) is 0 Å². The predicted molar refractivity (Wildman–Crippen MR) is 73.6 cm³/mol. The minimum absolute atomic E-state index is 0.255. The van der Waals surface area contributed by atoms with Crippen molar-refractivity contribution >= 4 is 11.6 Å². The zero-order valence-corrected chi connectivity index (χ0v) is 11.9. The monoisotopic (exact) mass is 269 g/mol. The van der Waals surface area contributed by atoms with Gasteiger partial charge in [0.1, 0.15) is 12.4 Å². The number of rotatable bonds is 3. The van der Waals surface area contributed by atoms with E-state index in [0.717, 1.165) is 28.5 Å². The lowest BCUT2D eigenvalue weighted by atomic mass is 10.1. The quantitative estimate of drug-likeness (QED) is 0.915. The molecule has 1 aromatic carbocycles. The van der Waals surface area contributed by atoms with Gasteiger partial charge in [0.05, 0.1) is 19.3 Å². The standard InChI is InChI=1S/C14H20ClNO2/c1-9-4-13(5-10(2)14(9)15)18-8-12-7-17-6-11(3)16-12/h4-5,11-12,16H,6-8H2,1-3H3. The third-order valence-electron chi connectivity index (χ3n) is 3.07. The van der Waals surface area contributed by atoms with Crippen LogP contribution in [0, 0.1) is 13.8 Å². The number of morpholine rings is 1. The van der Waals surface area contributed by atoms with Crippen LogP contribution in [0.5, 0.6) is 5.75 Å². The number of ether oxygens (including phenoxy) is 2. The summed E-state index contributed by atoms with van der Waals surface area (Å²) in [5, 5.41) is 4.27. The number of hydrogen-bond acceptors (Lipinski definition) is 3. The maximum atomic E-state index is 6.13. The van der Waals surface area contributed by atoms with Gasteiger partial charge in [-0.25, -0.2) is 0 Å². The number of benzene rings is 1. The van der Waals surface area contributed by atoms with Gasteiger partial charge in [0.25, 0.3) is 0 Å². The molecular formula is C14H20ClNO2. The highest BCUT2D eigenvalue weighted by molar-refractivity contribution is 6.32. The van der Waals surface area contributed by atoms with Crippen LogP contribution in [-0.4, -0.2) is 31.9 Å². The molecule has 18 heavy (non-hydrogen) atoms. The average molecular weight is 270 g/mol. The summed E-state index contributed by atoms with van der Waals surface area (Å²) in [6.45, 7) is 8.19. The first-order valence-electron chi connectivity index (χ1n) is 6.29. The van der Waals surface area contributed by atoms with Crippen LogP contribution in [0.15, 0.2) is 12.1 Å². The Morgan fingerprint density at radius 1 is 1.33 bits per heavy atom. The first-order chi connectivity index (χ1) is 8.56. The molecule has 3 nitrogen and oxygen atoms in total. The summed E-state index contributed by atoms with van der Waals surface area (Å²) in [5.41, 5.74) is 2.10. The van der Waals surface area contributed by atoms with Crippen molar-refractivity contribution in [1.29, 1.82) is 0 Å². The molecule has 1 aliphatic heterocycles. The van der Waals surface area contributed by atoms with Gasteiger partial charge in [-0.3, -0.25) is 0 Å². The Kier molecular flexibility index (Phi) is 4.49. The molecule has 100 valence electrons. The van der Waals surface area contributed by atoms with Gasteiger partial charge < -0.3 is 14.8 Å². The van der Waals surface area contributed by atoms with Crippen molar-refractivity contribution in [2.24, 2.45) is 0 Å². The van der Waals surface area contributed by atoms with E-state index >= 15 is 0 Å². The molecule has 1 saturated heterocycles. The molecule has 1 fully saturated rings. The van der Waals surface area contributed by atoms with Gasteiger partial charge >= 0.3 is 0 Å². The van der Waals surface area contributed by atoms with Gasteiger partial charge in [0.2, 0.25) is 0 Å². The third kappa shape index (κ3) is 3.37. The lowest BCUT2D eigenvalue weighted by Crippen LogP contribution is -2.50. The van der Waals surface area contributed by atoms with Crippen molar-refractivity contribution in [3.05, 3.63) is 28.3 Å². The minimum atomic E-state index is 0.255. The first-order valence-corrected chi connectivity index (χ1v) is 6.67. The largest absolute Gasteiger partial charge is 0.492 e. The van der Waals surface area contributed by atoms with Crippen LogP contribution in [0.25, 0.3) is 0 Å². The van der Waals surface area contributed by atoms with Crippen LogP contribution in [0.1, 0.15) is 18.1 Å². The van der Waals surface area contributed by atoms with Gasteiger partial charge in [-0.2, -0.15) is 0 Å². The van der Waals surface area contributed by atoms with E-state index in [-0.39, 0.29) is 6.04 Å². The van der Waals surface area contributed by atoms with Gasteiger partial charge in [-0.15, -0.1) is 0 Å². The molecule has 0 aliphatic carbocycles. The van der Waals surface area contributed by atoms with Crippen molar-refractivity contribution in [3.8, 4) is 5.75 Å². The first kappa shape index (κ1) is 13.7. The Balaban J connectivity index is 1.94. The summed E-state index contributed by atoms with van der Waals surface area (Å²) in [6, 6.07) is 4.59. The second kappa shape index (κ2) is 5.91. The SMILES string of the molecule is Cc1cc(OCC2COCC(C)N2)cc(C)c1Cl. The maximum Gasteiger partial charge on any atom is 0.120 e. The lowest BCUT2D eigenvalue weighted by Gasteiger charge is -2.28. The summed E-state index contributed by atoms with van der Waals surface area (Å²) in [4.78, 5) is 0. The lowest BCUT2D eigenvalue weighted by molar-refractivity contribution is 0.0353. The van der Waals surface area contributed by atoms with Gasteiger partial charge in [-0.05, 0) is 44.0 Å². The fraction of sp³-hybridized carbons (Fsp3) is 0.571. The fourth-order valence-electron chi connectivity index (χ4n) is 2.17. The predicted octanol–water partition coefficient (Wildman–Crippen LogP) is 2.71. The summed E-state index contributed by atoms with van der Waals surface area (Å²) < 4.78 is 11.3. The van der Waals surface area contributed by atoms with Crippen LogP contribution in [-0.2, 0) is 4.74 Å². The topological polar surface area (TPSA) is 30.5 Å². The molecule has 0 aromatic heterocycles. The van der Waals surface area contributed by atoms with E-state index in [4.69, 9.17) is 21.1 Å². The Hall–Kier alpha value is -0.770. The summed E-state index contributed by atoms with van der Waals surface area (Å²) in [5.74, 6) is 0.870. The molecule has 1 aromatic rings. The minimum Gasteiger partial charge on any atom is -0.492 e. The third-order valence-corrected chi connectivity index (χ3v) is 3.66. The molecule has 0 bridgehead atoms. The molecule has 2 unspecified atom stereocenters. The molecule has 0 saturated carbocycles. The van der Waals surface area contributed by atoms with E-state index in [1.165, 1.54) is 0 Å². The number of aryl methyl sites for hydroxylation is 2. The highest BCUT2D eigenvalue weighted by Gasteiger charge is 2.18. The molecular weight excluding hydrogens is 250 g/mol. The van der Waals surface area contributed by atoms with E-state index in [1.807, 2.05) is 26.0 Å². The number of hydrogen-bond donors (Lipinski definition) is 1. The molecule has 1 N–H and O–H groups in total. The van der Waals surface area contributed by atoms with Gasteiger partial charge in [0.15, 0.2) is 0 Å². The highest BCUT2D eigenvalue weighted by atomic mass is 35.5. The summed E-state index contributed by atoms with van der Waals surface area (Å²) in [6.07, 6.45) is 0. The molecule has 0 spiro atoms. The Morgan fingerprint density at radius 2 is 2.00 bits per heavy atom. The van der Waals surface area contributed by atoms with E-state index in [0.29, 0.717) is 19.3 Å². The van der Waals surface area contributed by atoms with Crippen LogP contribution >= 0.6 is 11.6 Å². The van der Waals surface area contributed by atoms with Gasteiger partial charge in [-0.1, -0.05) is 11.6 Å². The van der Waals surface area contributed by atoms with Gasteiger partial charge in [0, 0.05) is 11.1 Å². The van der Waals surface area contributed by atoms with E-state index in [1.54, 1.807) is 0 Å². The second-order valence-corrected chi connectivity index (χ2v) is 5.36. The Morgan fingerprint density at radius 3 is 2.61 bits per heavy atom. The molecule has 0 radical (unpaired) electrons. The smallest absolute Gasteiger partial charge is 0.120 e.